The minimum atomic E-state index is -0.612. The van der Waals surface area contributed by atoms with Crippen LogP contribution in [0.5, 0.6) is 11.5 Å². The summed E-state index contributed by atoms with van der Waals surface area (Å²) in [6.45, 7) is 5.93. The highest BCUT2D eigenvalue weighted by atomic mass is 16.6. The summed E-state index contributed by atoms with van der Waals surface area (Å²) in [5.41, 5.74) is 0.682. The van der Waals surface area contributed by atoms with Crippen molar-refractivity contribution in [3.05, 3.63) is 18.2 Å². The van der Waals surface area contributed by atoms with Gasteiger partial charge in [0.2, 0.25) is 17.7 Å². The van der Waals surface area contributed by atoms with Crippen molar-refractivity contribution in [2.24, 2.45) is 5.92 Å². The van der Waals surface area contributed by atoms with Crippen molar-refractivity contribution in [3.8, 4) is 11.5 Å². The zero-order valence-corrected chi connectivity index (χ0v) is 17.4. The molecule has 3 amide bonds. The Morgan fingerprint density at radius 1 is 1.10 bits per heavy atom. The Bertz CT molecular complexity index is 837. The van der Waals surface area contributed by atoms with Gasteiger partial charge in [0.25, 0.3) is 0 Å². The highest BCUT2D eigenvalue weighted by Crippen LogP contribution is 2.36. The van der Waals surface area contributed by atoms with Gasteiger partial charge in [0.1, 0.15) is 19.3 Å². The van der Waals surface area contributed by atoms with E-state index in [1.165, 1.54) is 0 Å². The number of likely N-dealkylation sites (N-methyl/N-ethyl adjacent to an activating group) is 1. The maximum atomic E-state index is 12.7. The van der Waals surface area contributed by atoms with E-state index in [1.54, 1.807) is 34.9 Å². The molecule has 0 aromatic heterocycles. The Hall–Kier alpha value is -2.81. The molecule has 162 valence electrons. The van der Waals surface area contributed by atoms with E-state index in [0.29, 0.717) is 43.5 Å². The summed E-state index contributed by atoms with van der Waals surface area (Å²) < 4.78 is 11.1. The van der Waals surface area contributed by atoms with Gasteiger partial charge in [0, 0.05) is 50.9 Å². The maximum Gasteiger partial charge on any atom is 0.244 e. The molecule has 0 radical (unpaired) electrons. The van der Waals surface area contributed by atoms with E-state index in [0.717, 1.165) is 13.1 Å². The molecule has 0 spiro atoms. The predicted molar refractivity (Wildman–Crippen MR) is 110 cm³/mol. The summed E-state index contributed by atoms with van der Waals surface area (Å²) in [5, 5.41) is 2.81. The smallest absolute Gasteiger partial charge is 0.244 e. The van der Waals surface area contributed by atoms with Crippen LogP contribution < -0.4 is 19.7 Å². The van der Waals surface area contributed by atoms with Crippen LogP contribution in [0.4, 0.5) is 5.69 Å². The largest absolute Gasteiger partial charge is 0.486 e. The van der Waals surface area contributed by atoms with E-state index < -0.39 is 12.0 Å². The number of anilines is 1. The first-order valence-corrected chi connectivity index (χ1v) is 10.4. The summed E-state index contributed by atoms with van der Waals surface area (Å²) in [6.07, 6.45) is 0.121. The molecule has 3 heterocycles. The van der Waals surface area contributed by atoms with Crippen LogP contribution in [0.1, 0.15) is 13.3 Å². The number of nitrogens with one attached hydrogen (secondary N) is 1. The van der Waals surface area contributed by atoms with E-state index in [2.05, 4.69) is 10.2 Å². The molecule has 3 aliphatic heterocycles. The van der Waals surface area contributed by atoms with E-state index in [9.17, 15) is 14.4 Å². The first-order chi connectivity index (χ1) is 14.4. The molecule has 4 rings (SSSR count). The van der Waals surface area contributed by atoms with Crippen molar-refractivity contribution in [2.45, 2.75) is 19.4 Å². The van der Waals surface area contributed by atoms with Gasteiger partial charge in [0.05, 0.1) is 5.92 Å². The van der Waals surface area contributed by atoms with Gasteiger partial charge in [-0.25, -0.2) is 0 Å². The number of carbonyl (C=O) groups is 3. The standard InChI is InChI=1S/C21H28N4O5/c1-14(21(28)24-7-5-23(2)6-8-24)22-20(27)15-11-19(26)25(13-15)16-3-4-17-18(12-16)30-10-9-29-17/h3-4,12,14-15H,5-11,13H2,1-2H3,(H,22,27). The Kier molecular flexibility index (Phi) is 5.80. The van der Waals surface area contributed by atoms with Crippen molar-refractivity contribution in [1.82, 2.24) is 15.1 Å². The van der Waals surface area contributed by atoms with Crippen LogP contribution in [0.15, 0.2) is 18.2 Å². The number of nitrogens with zero attached hydrogens (tertiary/aromatic N) is 3. The normalized spacial score (nSPS) is 22.7. The van der Waals surface area contributed by atoms with Crippen LogP contribution >= 0.6 is 0 Å². The lowest BCUT2D eigenvalue weighted by molar-refractivity contribution is -0.138. The molecule has 2 unspecified atom stereocenters. The van der Waals surface area contributed by atoms with Gasteiger partial charge in [0.15, 0.2) is 11.5 Å². The molecule has 1 aromatic rings. The maximum absolute atomic E-state index is 12.7. The third-order valence-electron chi connectivity index (χ3n) is 5.88. The molecule has 0 saturated carbocycles. The highest BCUT2D eigenvalue weighted by molar-refractivity contribution is 6.01. The third-order valence-corrected chi connectivity index (χ3v) is 5.88. The molecule has 9 nitrogen and oxygen atoms in total. The first kappa shape index (κ1) is 20.5. The monoisotopic (exact) mass is 416 g/mol. The van der Waals surface area contributed by atoms with Gasteiger partial charge in [-0.1, -0.05) is 0 Å². The van der Waals surface area contributed by atoms with Gasteiger partial charge >= 0.3 is 0 Å². The lowest BCUT2D eigenvalue weighted by atomic mass is 10.1. The predicted octanol–water partition coefficient (Wildman–Crippen LogP) is 0.0894. The van der Waals surface area contributed by atoms with Crippen molar-refractivity contribution in [3.63, 3.8) is 0 Å². The molecule has 0 aliphatic carbocycles. The van der Waals surface area contributed by atoms with Crippen LogP contribution in [0.3, 0.4) is 0 Å². The third kappa shape index (κ3) is 4.21. The molecule has 0 bridgehead atoms. The molecule has 2 fully saturated rings. The van der Waals surface area contributed by atoms with Crippen LogP contribution in [-0.4, -0.2) is 86.5 Å². The topological polar surface area (TPSA) is 91.4 Å². The molecule has 30 heavy (non-hydrogen) atoms. The Balaban J connectivity index is 1.35. The van der Waals surface area contributed by atoms with Crippen LogP contribution in [0.2, 0.25) is 0 Å². The van der Waals surface area contributed by atoms with Gasteiger partial charge < -0.3 is 29.5 Å². The van der Waals surface area contributed by atoms with Crippen molar-refractivity contribution >= 4 is 23.4 Å². The fourth-order valence-electron chi connectivity index (χ4n) is 4.03. The molecule has 2 atom stereocenters. The molecule has 2 saturated heterocycles. The van der Waals surface area contributed by atoms with Crippen molar-refractivity contribution in [2.75, 3.05) is 57.9 Å². The minimum absolute atomic E-state index is 0.0792. The molecule has 1 N–H and O–H groups in total. The highest BCUT2D eigenvalue weighted by Gasteiger charge is 2.37. The fraction of sp³-hybridized carbons (Fsp3) is 0.571. The zero-order valence-electron chi connectivity index (χ0n) is 17.4. The number of rotatable bonds is 4. The van der Waals surface area contributed by atoms with Gasteiger partial charge in [-0.3, -0.25) is 14.4 Å². The lowest BCUT2D eigenvalue weighted by Crippen LogP contribution is -2.54. The number of benzene rings is 1. The van der Waals surface area contributed by atoms with E-state index in [1.807, 2.05) is 7.05 Å². The van der Waals surface area contributed by atoms with E-state index in [4.69, 9.17) is 9.47 Å². The second-order valence-electron chi connectivity index (χ2n) is 8.09. The fourth-order valence-corrected chi connectivity index (χ4v) is 4.03. The number of piperazine rings is 1. The number of carbonyl (C=O) groups excluding carboxylic acids is 3. The average molecular weight is 416 g/mol. The summed E-state index contributed by atoms with van der Waals surface area (Å²) in [5.74, 6) is 0.300. The van der Waals surface area contributed by atoms with Crippen molar-refractivity contribution < 1.29 is 23.9 Å². The van der Waals surface area contributed by atoms with Crippen molar-refractivity contribution in [1.29, 1.82) is 0 Å². The second kappa shape index (κ2) is 8.51. The van der Waals surface area contributed by atoms with Crippen LogP contribution in [-0.2, 0) is 14.4 Å². The summed E-state index contributed by atoms with van der Waals surface area (Å²) in [4.78, 5) is 43.5. The second-order valence-corrected chi connectivity index (χ2v) is 8.09. The molecule has 1 aromatic carbocycles. The number of hydrogen-bond donors (Lipinski definition) is 1. The van der Waals surface area contributed by atoms with Crippen LogP contribution in [0, 0.1) is 5.92 Å². The summed E-state index contributed by atoms with van der Waals surface area (Å²) >= 11 is 0. The molecular weight excluding hydrogens is 388 g/mol. The Morgan fingerprint density at radius 3 is 2.53 bits per heavy atom. The lowest BCUT2D eigenvalue weighted by Gasteiger charge is -2.34. The quantitative estimate of drug-likeness (QED) is 0.748. The molecule has 9 heteroatoms. The van der Waals surface area contributed by atoms with Gasteiger partial charge in [-0.05, 0) is 26.1 Å². The Morgan fingerprint density at radius 2 is 1.80 bits per heavy atom. The number of ether oxygens (including phenoxy) is 2. The average Bonchev–Trinajstić information content (AvgIpc) is 3.15. The van der Waals surface area contributed by atoms with Gasteiger partial charge in [-0.15, -0.1) is 0 Å². The zero-order chi connectivity index (χ0) is 21.3. The van der Waals surface area contributed by atoms with E-state index in [-0.39, 0.29) is 30.7 Å². The SMILES string of the molecule is CC(NC(=O)C1CC(=O)N(c2ccc3c(c2)OCCO3)C1)C(=O)N1CCN(C)CC1. The molecular formula is C21H28N4O5. The van der Waals surface area contributed by atoms with Crippen LogP contribution in [0.25, 0.3) is 0 Å². The number of amides is 3. The minimum Gasteiger partial charge on any atom is -0.486 e. The number of fused-ring (bicyclic) bond motifs is 1. The summed E-state index contributed by atoms with van der Waals surface area (Å²) in [6, 6.07) is 4.73. The first-order valence-electron chi connectivity index (χ1n) is 10.4. The van der Waals surface area contributed by atoms with E-state index >= 15 is 0 Å². The Labute approximate surface area is 175 Å². The number of hydrogen-bond acceptors (Lipinski definition) is 6. The summed E-state index contributed by atoms with van der Waals surface area (Å²) in [7, 11) is 2.03. The van der Waals surface area contributed by atoms with Gasteiger partial charge in [-0.2, -0.15) is 0 Å². The molecule has 3 aliphatic rings.